The minimum absolute atomic E-state index is 0.108. The Labute approximate surface area is 613 Å². The second-order valence-electron chi connectivity index (χ2n) is 29.6. The lowest BCUT2D eigenvalue weighted by Crippen LogP contribution is -2.30. The second-order valence-corrected chi connectivity index (χ2v) is 32.5. The van der Waals surface area contributed by atoms with Crippen LogP contribution in [0.15, 0.2) is 0 Å². The van der Waals surface area contributed by atoms with Gasteiger partial charge in [0.25, 0.3) is 0 Å². The van der Waals surface area contributed by atoms with Crippen LogP contribution in [-0.4, -0.2) is 96.7 Å². The fraction of sp³-hybridized carbons (Fsp3) is 0.951. The van der Waals surface area contributed by atoms with Gasteiger partial charge in [-0.3, -0.25) is 37.3 Å². The zero-order valence-electron chi connectivity index (χ0n) is 65.3. The summed E-state index contributed by atoms with van der Waals surface area (Å²) < 4.78 is 68.7. The van der Waals surface area contributed by atoms with Gasteiger partial charge in [0, 0.05) is 25.7 Å². The zero-order chi connectivity index (χ0) is 73.4. The molecule has 100 heavy (non-hydrogen) atoms. The predicted octanol–water partition coefficient (Wildman–Crippen LogP) is 24.4. The summed E-state index contributed by atoms with van der Waals surface area (Å²) in [5, 5.41) is 10.6. The second kappa shape index (κ2) is 73.9. The fourth-order valence-electron chi connectivity index (χ4n) is 12.6. The maximum absolute atomic E-state index is 13.1. The number of rotatable bonds is 81. The molecule has 0 aromatic heterocycles. The average Bonchev–Trinajstić information content (AvgIpc) is 0.973. The van der Waals surface area contributed by atoms with Crippen molar-refractivity contribution in [3.05, 3.63) is 0 Å². The lowest BCUT2D eigenvalue weighted by atomic mass is 10.0. The molecule has 0 rings (SSSR count). The van der Waals surface area contributed by atoms with Gasteiger partial charge < -0.3 is 33.8 Å². The summed E-state index contributed by atoms with van der Waals surface area (Å²) >= 11 is 0. The fourth-order valence-corrected chi connectivity index (χ4v) is 14.2. The maximum atomic E-state index is 13.1. The van der Waals surface area contributed by atoms with Gasteiger partial charge in [-0.2, -0.15) is 0 Å². The molecule has 0 bridgehead atoms. The highest BCUT2D eigenvalue weighted by Crippen LogP contribution is 2.45. The van der Waals surface area contributed by atoms with Gasteiger partial charge in [0.1, 0.15) is 19.3 Å². The molecule has 3 N–H and O–H groups in total. The van der Waals surface area contributed by atoms with Crippen molar-refractivity contribution in [2.24, 2.45) is 5.92 Å². The van der Waals surface area contributed by atoms with Crippen LogP contribution < -0.4 is 0 Å². The van der Waals surface area contributed by atoms with Gasteiger partial charge in [-0.1, -0.05) is 381 Å². The summed E-state index contributed by atoms with van der Waals surface area (Å²) in [6, 6.07) is 0. The van der Waals surface area contributed by atoms with Gasteiger partial charge in [0.2, 0.25) is 0 Å². The van der Waals surface area contributed by atoms with Crippen LogP contribution in [0.2, 0.25) is 0 Å². The number of hydrogen-bond acceptors (Lipinski definition) is 15. The van der Waals surface area contributed by atoms with Crippen molar-refractivity contribution in [2.75, 3.05) is 39.6 Å². The molecule has 0 heterocycles. The van der Waals surface area contributed by atoms with Crippen LogP contribution >= 0.6 is 15.6 Å². The smallest absolute Gasteiger partial charge is 0.462 e. The van der Waals surface area contributed by atoms with E-state index in [4.69, 9.17) is 37.0 Å². The van der Waals surface area contributed by atoms with Crippen molar-refractivity contribution in [3.63, 3.8) is 0 Å². The number of ether oxygens (including phenoxy) is 4. The molecule has 594 valence electrons. The molecule has 0 aromatic carbocycles. The van der Waals surface area contributed by atoms with Crippen molar-refractivity contribution in [2.45, 2.75) is 451 Å². The zero-order valence-corrected chi connectivity index (χ0v) is 67.1. The van der Waals surface area contributed by atoms with Crippen LogP contribution in [-0.2, 0) is 65.4 Å². The van der Waals surface area contributed by atoms with E-state index < -0.39 is 97.5 Å². The molecule has 0 aromatic rings. The molecule has 0 aliphatic carbocycles. The molecular weight excluding hydrogens is 1310 g/mol. The Morgan fingerprint density at radius 1 is 0.270 bits per heavy atom. The van der Waals surface area contributed by atoms with E-state index in [1.54, 1.807) is 0 Å². The van der Waals surface area contributed by atoms with Crippen molar-refractivity contribution >= 4 is 39.5 Å². The number of hydrogen-bond donors (Lipinski definition) is 3. The van der Waals surface area contributed by atoms with E-state index in [0.29, 0.717) is 25.7 Å². The number of phosphoric ester groups is 2. The molecule has 0 fully saturated rings. The van der Waals surface area contributed by atoms with Crippen LogP contribution in [0, 0.1) is 5.92 Å². The molecule has 0 saturated heterocycles. The highest BCUT2D eigenvalue weighted by atomic mass is 31.2. The van der Waals surface area contributed by atoms with Crippen LogP contribution in [0.1, 0.15) is 433 Å². The highest BCUT2D eigenvalue weighted by molar-refractivity contribution is 7.47. The summed E-state index contributed by atoms with van der Waals surface area (Å²) in [5.41, 5.74) is 0. The predicted molar refractivity (Wildman–Crippen MR) is 409 cm³/mol. The number of carbonyl (C=O) groups excluding carboxylic acids is 4. The van der Waals surface area contributed by atoms with Gasteiger partial charge in [-0.05, 0) is 31.6 Å². The highest BCUT2D eigenvalue weighted by Gasteiger charge is 2.30. The normalized spacial score (nSPS) is 13.8. The summed E-state index contributed by atoms with van der Waals surface area (Å²) in [4.78, 5) is 73.0. The van der Waals surface area contributed by atoms with Crippen molar-refractivity contribution in [3.8, 4) is 0 Å². The number of aliphatic hydroxyl groups is 1. The van der Waals surface area contributed by atoms with Gasteiger partial charge >= 0.3 is 39.5 Å². The Bertz CT molecular complexity index is 1910. The molecule has 0 amide bonds. The van der Waals surface area contributed by atoms with Crippen LogP contribution in [0.25, 0.3) is 0 Å². The summed E-state index contributed by atoms with van der Waals surface area (Å²) in [6.45, 7) is 7.30. The molecule has 0 spiro atoms. The van der Waals surface area contributed by atoms with Gasteiger partial charge in [0.15, 0.2) is 12.2 Å². The van der Waals surface area contributed by atoms with Gasteiger partial charge in [-0.25, -0.2) is 9.13 Å². The van der Waals surface area contributed by atoms with E-state index in [9.17, 15) is 43.2 Å². The molecule has 19 heteroatoms. The van der Waals surface area contributed by atoms with Gasteiger partial charge in [-0.15, -0.1) is 0 Å². The Hall–Kier alpha value is -1.94. The van der Waals surface area contributed by atoms with E-state index in [0.717, 1.165) is 95.8 Å². The lowest BCUT2D eigenvalue weighted by molar-refractivity contribution is -0.161. The standard InChI is InChI=1S/C81H158O17P2/c1-6-9-12-15-18-21-24-27-30-31-32-33-34-36-39-42-45-52-57-62-67-81(86)97-76(70-91-78(83)64-59-54-49-43-40-38-35-28-25-22-19-16-13-10-7-2)72-95-99(87,88)93-68-75(82)69-94-100(89,90)96-73-77(71-92-79(84)65-60-55-50-47-46-48-53-58-63-74(4)5)98-80(85)66-61-56-51-44-41-37-29-26-23-20-17-14-11-8-3/h74-77,82H,6-73H2,1-5H3,(H,87,88)(H,89,90)/t75-,76-,77-/m1/s1. The number of unbranched alkanes of at least 4 members (excludes halogenated alkanes) is 53. The first kappa shape index (κ1) is 98.1. The molecule has 0 aliphatic heterocycles. The maximum Gasteiger partial charge on any atom is 0.472 e. The van der Waals surface area contributed by atoms with E-state index >= 15 is 0 Å². The number of carbonyl (C=O) groups is 4. The Balaban J connectivity index is 5.23. The Morgan fingerprint density at radius 2 is 0.460 bits per heavy atom. The molecule has 17 nitrogen and oxygen atoms in total. The topological polar surface area (TPSA) is 237 Å². The number of esters is 4. The van der Waals surface area contributed by atoms with Crippen molar-refractivity contribution < 1.29 is 80.2 Å². The lowest BCUT2D eigenvalue weighted by Gasteiger charge is -2.21. The average molecular weight is 1470 g/mol. The largest absolute Gasteiger partial charge is 0.472 e. The minimum atomic E-state index is -4.96. The minimum Gasteiger partial charge on any atom is -0.462 e. The molecule has 0 aliphatic rings. The first-order valence-electron chi connectivity index (χ1n) is 42.1. The summed E-state index contributed by atoms with van der Waals surface area (Å²) in [7, 11) is -9.92. The third-order valence-electron chi connectivity index (χ3n) is 19.0. The Kier molecular flexibility index (Phi) is 72.5. The van der Waals surface area contributed by atoms with Gasteiger partial charge in [0.05, 0.1) is 26.4 Å². The summed E-state index contributed by atoms with van der Waals surface area (Å²) in [6.07, 6.45) is 65.2. The molecule has 2 unspecified atom stereocenters. The molecule has 5 atom stereocenters. The third-order valence-corrected chi connectivity index (χ3v) is 20.9. The molecular formula is C81H158O17P2. The van der Waals surface area contributed by atoms with E-state index in [1.165, 1.54) is 257 Å². The SMILES string of the molecule is CCCCCCCCCCCCCCCCCCCCCCC(=O)O[C@H](COC(=O)CCCCCCCCCCCCCCCCC)COP(=O)(O)OC[C@@H](O)COP(=O)(O)OC[C@@H](COC(=O)CCCCCCCCCCC(C)C)OC(=O)CCCCCCCCCCCCCCCC. The van der Waals surface area contributed by atoms with E-state index in [1.807, 2.05) is 0 Å². The first-order chi connectivity index (χ1) is 48.5. The monoisotopic (exact) mass is 1470 g/mol. The van der Waals surface area contributed by atoms with Crippen LogP contribution in [0.3, 0.4) is 0 Å². The molecule has 0 radical (unpaired) electrons. The van der Waals surface area contributed by atoms with E-state index in [-0.39, 0.29) is 25.7 Å². The van der Waals surface area contributed by atoms with Crippen LogP contribution in [0.4, 0.5) is 0 Å². The quantitative estimate of drug-likeness (QED) is 0.0222. The number of aliphatic hydroxyl groups excluding tert-OH is 1. The van der Waals surface area contributed by atoms with Crippen LogP contribution in [0.5, 0.6) is 0 Å². The summed E-state index contributed by atoms with van der Waals surface area (Å²) in [5.74, 6) is -1.38. The third kappa shape index (κ3) is 74.3. The van der Waals surface area contributed by atoms with Crippen molar-refractivity contribution in [1.82, 2.24) is 0 Å². The molecule has 0 saturated carbocycles. The first-order valence-corrected chi connectivity index (χ1v) is 45.1. The van der Waals surface area contributed by atoms with Crippen molar-refractivity contribution in [1.29, 1.82) is 0 Å². The number of phosphoric acid groups is 2. The van der Waals surface area contributed by atoms with E-state index in [2.05, 4.69) is 34.6 Å². The Morgan fingerprint density at radius 3 is 0.680 bits per heavy atom.